The molecule has 0 radical (unpaired) electrons. The molecular weight excluding hydrogens is 240 g/mol. The first kappa shape index (κ1) is 14.9. The predicted octanol–water partition coefficient (Wildman–Crippen LogP) is 0.427. The second kappa shape index (κ2) is 7.31. The van der Waals surface area contributed by atoms with E-state index in [9.17, 15) is 8.42 Å². The maximum Gasteiger partial charge on any atom is 0.216 e. The molecule has 1 rings (SSSR count). The first-order valence-corrected chi connectivity index (χ1v) is 8.00. The number of hydrogen-bond acceptors (Lipinski definition) is 4. The third-order valence-electron chi connectivity index (χ3n) is 2.96. The van der Waals surface area contributed by atoms with Crippen LogP contribution in [0.25, 0.3) is 0 Å². The molecular formula is C11H24N2O3S. The quantitative estimate of drug-likeness (QED) is 0.677. The van der Waals surface area contributed by atoms with Gasteiger partial charge in [-0.2, -0.15) is 0 Å². The van der Waals surface area contributed by atoms with E-state index in [2.05, 4.69) is 5.32 Å². The molecule has 1 saturated heterocycles. The molecule has 6 heteroatoms. The van der Waals surface area contributed by atoms with E-state index in [4.69, 9.17) is 4.74 Å². The van der Waals surface area contributed by atoms with Crippen LogP contribution in [0.15, 0.2) is 0 Å². The highest BCUT2D eigenvalue weighted by atomic mass is 32.2. The molecule has 0 aromatic carbocycles. The highest BCUT2D eigenvalue weighted by molar-refractivity contribution is 7.89. The van der Waals surface area contributed by atoms with Crippen LogP contribution in [-0.2, 0) is 14.8 Å². The number of sulfonamides is 1. The smallest absolute Gasteiger partial charge is 0.216 e. The molecule has 1 atom stereocenters. The molecule has 17 heavy (non-hydrogen) atoms. The number of ether oxygens (including phenoxy) is 1. The molecule has 1 heterocycles. The summed E-state index contributed by atoms with van der Waals surface area (Å²) in [6.07, 6.45) is 2.00. The van der Waals surface area contributed by atoms with Crippen molar-refractivity contribution in [3.63, 3.8) is 0 Å². The van der Waals surface area contributed by atoms with Crippen molar-refractivity contribution >= 4 is 10.0 Å². The molecule has 0 aliphatic carbocycles. The Morgan fingerprint density at radius 2 is 2.18 bits per heavy atom. The van der Waals surface area contributed by atoms with E-state index >= 15 is 0 Å². The number of hydrogen-bond donors (Lipinski definition) is 1. The summed E-state index contributed by atoms with van der Waals surface area (Å²) >= 11 is 0. The standard InChI is InChI=1S/C11H24N2O3S/c1-3-12-11-6-5-7-13(10-11)17(14,15)9-8-16-4-2/h11-12H,3-10H2,1-2H3. The third-order valence-corrected chi connectivity index (χ3v) is 4.76. The molecule has 1 N–H and O–H groups in total. The number of rotatable bonds is 7. The largest absolute Gasteiger partial charge is 0.381 e. The lowest BCUT2D eigenvalue weighted by molar-refractivity contribution is 0.162. The Bertz CT molecular complexity index is 304. The van der Waals surface area contributed by atoms with E-state index in [1.54, 1.807) is 4.31 Å². The van der Waals surface area contributed by atoms with Gasteiger partial charge in [-0.25, -0.2) is 12.7 Å². The lowest BCUT2D eigenvalue weighted by Crippen LogP contribution is -2.48. The molecule has 1 aliphatic rings. The van der Waals surface area contributed by atoms with Gasteiger partial charge in [0.1, 0.15) is 0 Å². The molecule has 0 saturated carbocycles. The molecule has 0 aromatic heterocycles. The van der Waals surface area contributed by atoms with Crippen molar-refractivity contribution in [2.24, 2.45) is 0 Å². The summed E-state index contributed by atoms with van der Waals surface area (Å²) in [7, 11) is -3.14. The zero-order valence-electron chi connectivity index (χ0n) is 10.8. The van der Waals surface area contributed by atoms with Crippen LogP contribution in [0.5, 0.6) is 0 Å². The molecule has 102 valence electrons. The molecule has 0 bridgehead atoms. The Balaban J connectivity index is 2.46. The normalized spacial score (nSPS) is 22.8. The van der Waals surface area contributed by atoms with Crippen LogP contribution in [0.4, 0.5) is 0 Å². The number of likely N-dealkylation sites (N-methyl/N-ethyl adjacent to an activating group) is 1. The maximum absolute atomic E-state index is 12.0. The van der Waals surface area contributed by atoms with E-state index in [0.29, 0.717) is 32.3 Å². The van der Waals surface area contributed by atoms with Crippen LogP contribution in [0.2, 0.25) is 0 Å². The number of nitrogens with zero attached hydrogens (tertiary/aromatic N) is 1. The second-order valence-corrected chi connectivity index (χ2v) is 6.36. The third kappa shape index (κ3) is 4.91. The highest BCUT2D eigenvalue weighted by Gasteiger charge is 2.27. The number of nitrogens with one attached hydrogen (secondary N) is 1. The molecule has 1 fully saturated rings. The molecule has 0 amide bonds. The van der Waals surface area contributed by atoms with Crippen molar-refractivity contribution in [3.05, 3.63) is 0 Å². The highest BCUT2D eigenvalue weighted by Crippen LogP contribution is 2.14. The fraction of sp³-hybridized carbons (Fsp3) is 1.00. The van der Waals surface area contributed by atoms with Gasteiger partial charge in [-0.05, 0) is 26.3 Å². The van der Waals surface area contributed by atoms with E-state index < -0.39 is 10.0 Å². The minimum atomic E-state index is -3.14. The Hall–Kier alpha value is -0.170. The van der Waals surface area contributed by atoms with Crippen LogP contribution in [0, 0.1) is 0 Å². The van der Waals surface area contributed by atoms with Crippen molar-refractivity contribution in [1.82, 2.24) is 9.62 Å². The molecule has 1 unspecified atom stereocenters. The second-order valence-electron chi connectivity index (χ2n) is 4.27. The van der Waals surface area contributed by atoms with Gasteiger partial charge in [-0.1, -0.05) is 6.92 Å². The van der Waals surface area contributed by atoms with Crippen LogP contribution in [0.3, 0.4) is 0 Å². The zero-order chi connectivity index (χ0) is 12.7. The van der Waals surface area contributed by atoms with Gasteiger partial charge in [0.05, 0.1) is 12.4 Å². The molecule has 5 nitrogen and oxygen atoms in total. The predicted molar refractivity (Wildman–Crippen MR) is 68.6 cm³/mol. The van der Waals surface area contributed by atoms with Gasteiger partial charge in [0.25, 0.3) is 0 Å². The topological polar surface area (TPSA) is 58.6 Å². The summed E-state index contributed by atoms with van der Waals surface area (Å²) in [6, 6.07) is 0.301. The lowest BCUT2D eigenvalue weighted by atomic mass is 10.1. The van der Waals surface area contributed by atoms with Crippen LogP contribution >= 0.6 is 0 Å². The Morgan fingerprint density at radius 3 is 2.82 bits per heavy atom. The summed E-state index contributed by atoms with van der Waals surface area (Å²) in [5, 5.41) is 3.32. The zero-order valence-corrected chi connectivity index (χ0v) is 11.6. The number of piperidine rings is 1. The van der Waals surface area contributed by atoms with Gasteiger partial charge in [0, 0.05) is 25.7 Å². The minimum absolute atomic E-state index is 0.0969. The van der Waals surface area contributed by atoms with Crippen LogP contribution in [-0.4, -0.2) is 57.4 Å². The van der Waals surface area contributed by atoms with Crippen molar-refractivity contribution in [3.8, 4) is 0 Å². The van der Waals surface area contributed by atoms with Gasteiger partial charge < -0.3 is 10.1 Å². The minimum Gasteiger partial charge on any atom is -0.381 e. The van der Waals surface area contributed by atoms with Gasteiger partial charge >= 0.3 is 0 Å². The summed E-state index contributed by atoms with van der Waals surface area (Å²) in [5.74, 6) is 0.0969. The van der Waals surface area contributed by atoms with Crippen LogP contribution < -0.4 is 5.32 Å². The Morgan fingerprint density at radius 1 is 1.41 bits per heavy atom. The monoisotopic (exact) mass is 264 g/mol. The summed E-state index contributed by atoms with van der Waals surface area (Å²) < 4.78 is 30.8. The summed E-state index contributed by atoms with van der Waals surface area (Å²) in [5.41, 5.74) is 0. The van der Waals surface area contributed by atoms with E-state index in [1.807, 2.05) is 13.8 Å². The van der Waals surface area contributed by atoms with E-state index in [1.165, 1.54) is 0 Å². The molecule has 1 aliphatic heterocycles. The molecule has 0 aromatic rings. The maximum atomic E-state index is 12.0. The van der Waals surface area contributed by atoms with Crippen molar-refractivity contribution in [1.29, 1.82) is 0 Å². The van der Waals surface area contributed by atoms with Crippen molar-refractivity contribution < 1.29 is 13.2 Å². The lowest BCUT2D eigenvalue weighted by Gasteiger charge is -2.32. The van der Waals surface area contributed by atoms with Gasteiger partial charge in [0.15, 0.2) is 0 Å². The van der Waals surface area contributed by atoms with Gasteiger partial charge in [-0.15, -0.1) is 0 Å². The fourth-order valence-corrected chi connectivity index (χ4v) is 3.49. The molecule has 0 spiro atoms. The average Bonchev–Trinajstić information content (AvgIpc) is 2.30. The van der Waals surface area contributed by atoms with Gasteiger partial charge in [0.2, 0.25) is 10.0 Å². The van der Waals surface area contributed by atoms with E-state index in [-0.39, 0.29) is 5.75 Å². The van der Waals surface area contributed by atoms with Crippen LogP contribution in [0.1, 0.15) is 26.7 Å². The first-order valence-electron chi connectivity index (χ1n) is 6.39. The summed E-state index contributed by atoms with van der Waals surface area (Å²) in [6.45, 7) is 6.91. The van der Waals surface area contributed by atoms with Gasteiger partial charge in [-0.3, -0.25) is 0 Å². The summed E-state index contributed by atoms with van der Waals surface area (Å²) in [4.78, 5) is 0. The Labute approximate surface area is 105 Å². The van der Waals surface area contributed by atoms with Crippen molar-refractivity contribution in [2.75, 3.05) is 38.6 Å². The SMILES string of the molecule is CCNC1CCCN(S(=O)(=O)CCOCC)C1. The van der Waals surface area contributed by atoms with Crippen molar-refractivity contribution in [2.45, 2.75) is 32.7 Å². The first-order chi connectivity index (χ1) is 8.10. The van der Waals surface area contributed by atoms with E-state index in [0.717, 1.165) is 19.4 Å². The Kier molecular flexibility index (Phi) is 6.40. The average molecular weight is 264 g/mol. The fourth-order valence-electron chi connectivity index (χ4n) is 2.09.